The van der Waals surface area contributed by atoms with E-state index in [4.69, 9.17) is 0 Å². The fourth-order valence-electron chi connectivity index (χ4n) is 4.20. The molecule has 192 valence electrons. The highest BCUT2D eigenvalue weighted by Crippen LogP contribution is 2.32. The minimum atomic E-state index is -4.76. The second-order valence-electron chi connectivity index (χ2n) is 8.99. The first-order valence-electron chi connectivity index (χ1n) is 11.7. The van der Waals surface area contributed by atoms with Gasteiger partial charge in [-0.15, -0.1) is 0 Å². The molecule has 1 atom stereocenters. The molecule has 6 nitrogen and oxygen atoms in total. The molecule has 0 fully saturated rings. The average molecular weight is 509 g/mol. The van der Waals surface area contributed by atoms with Crippen LogP contribution in [0.4, 0.5) is 18.9 Å². The Morgan fingerprint density at radius 3 is 2.19 bits per heavy atom. The third-order valence-corrected chi connectivity index (χ3v) is 6.31. The summed E-state index contributed by atoms with van der Waals surface area (Å²) in [5, 5.41) is 2.68. The van der Waals surface area contributed by atoms with E-state index in [-0.39, 0.29) is 23.4 Å². The number of carbonyl (C=O) groups excluding carboxylic acids is 2. The van der Waals surface area contributed by atoms with Gasteiger partial charge in [-0.3, -0.25) is 9.59 Å². The van der Waals surface area contributed by atoms with Crippen LogP contribution >= 0.6 is 0 Å². The molecule has 1 aromatic heterocycles. The summed E-state index contributed by atoms with van der Waals surface area (Å²) in [4.78, 5) is 31.8. The van der Waals surface area contributed by atoms with Crippen LogP contribution in [0.15, 0.2) is 72.8 Å². The summed E-state index contributed by atoms with van der Waals surface area (Å²) in [6.07, 6.45) is -4.58. The van der Waals surface area contributed by atoms with Crippen LogP contribution in [0, 0.1) is 13.8 Å². The largest absolute Gasteiger partial charge is 0.449 e. The van der Waals surface area contributed by atoms with Gasteiger partial charge in [-0.1, -0.05) is 48.5 Å². The van der Waals surface area contributed by atoms with Crippen molar-refractivity contribution in [3.8, 4) is 0 Å². The Hall–Kier alpha value is -4.14. The number of anilines is 1. The molecule has 0 unspecified atom stereocenters. The Morgan fingerprint density at radius 1 is 0.973 bits per heavy atom. The van der Waals surface area contributed by atoms with Gasteiger partial charge in [-0.2, -0.15) is 13.2 Å². The molecular formula is C28H27F3N4O2. The second-order valence-corrected chi connectivity index (χ2v) is 8.99. The number of fused-ring (bicyclic) bond motifs is 1. The van der Waals surface area contributed by atoms with Gasteiger partial charge in [0, 0.05) is 19.2 Å². The number of amides is 2. The van der Waals surface area contributed by atoms with Gasteiger partial charge in [0.15, 0.2) is 0 Å². The highest BCUT2D eigenvalue weighted by Gasteiger charge is 2.38. The van der Waals surface area contributed by atoms with Gasteiger partial charge in [-0.25, -0.2) is 4.98 Å². The lowest BCUT2D eigenvalue weighted by Crippen LogP contribution is -2.49. The first kappa shape index (κ1) is 25.9. The first-order valence-corrected chi connectivity index (χ1v) is 11.7. The van der Waals surface area contributed by atoms with E-state index in [0.29, 0.717) is 5.69 Å². The van der Waals surface area contributed by atoms with Gasteiger partial charge >= 0.3 is 6.18 Å². The topological polar surface area (TPSA) is 67.2 Å². The maximum atomic E-state index is 13.8. The molecule has 4 rings (SSSR count). The van der Waals surface area contributed by atoms with Gasteiger partial charge in [-0.05, 0) is 54.8 Å². The standard InChI is InChI=1S/C28H27F3N4O2/c1-18-14-22-24(15-19(18)2)35(27(33-22)28(29,30)31)17-25(36)32-23(16-20-10-6-4-7-11-20)26(37)34(3)21-12-8-5-9-13-21/h4-15,23H,16-17H2,1-3H3,(H,32,36)/t23-/m0/s1. The summed E-state index contributed by atoms with van der Waals surface area (Å²) >= 11 is 0. The SMILES string of the molecule is Cc1cc2nc(C(F)(F)F)n(CC(=O)N[C@@H](Cc3ccccc3)C(=O)N(C)c3ccccc3)c2cc1C. The summed E-state index contributed by atoms with van der Waals surface area (Å²) in [6, 6.07) is 20.2. The monoisotopic (exact) mass is 508 g/mol. The Balaban J connectivity index is 1.64. The van der Waals surface area contributed by atoms with Gasteiger partial charge in [0.05, 0.1) is 11.0 Å². The van der Waals surface area contributed by atoms with Crippen LogP contribution in [0.3, 0.4) is 0 Å². The van der Waals surface area contributed by atoms with Gasteiger partial charge in [0.25, 0.3) is 0 Å². The third kappa shape index (κ3) is 5.82. The molecule has 3 aromatic carbocycles. The minimum absolute atomic E-state index is 0.156. The van der Waals surface area contributed by atoms with E-state index in [1.54, 1.807) is 57.3 Å². The fraction of sp³-hybridized carbons (Fsp3) is 0.250. The van der Waals surface area contributed by atoms with Crippen LogP contribution in [0.25, 0.3) is 11.0 Å². The predicted octanol–water partition coefficient (Wildman–Crippen LogP) is 5.06. The molecule has 2 amide bonds. The highest BCUT2D eigenvalue weighted by molar-refractivity contribution is 5.99. The zero-order valence-electron chi connectivity index (χ0n) is 20.7. The fourth-order valence-corrected chi connectivity index (χ4v) is 4.20. The molecule has 0 aliphatic carbocycles. The van der Waals surface area contributed by atoms with Crippen molar-refractivity contribution in [1.82, 2.24) is 14.9 Å². The molecular weight excluding hydrogens is 481 g/mol. The van der Waals surface area contributed by atoms with Crippen molar-refractivity contribution in [1.29, 1.82) is 0 Å². The maximum absolute atomic E-state index is 13.8. The number of imidazole rings is 1. The molecule has 1 heterocycles. The number of aryl methyl sites for hydroxylation is 2. The van der Waals surface area contributed by atoms with Crippen molar-refractivity contribution in [2.45, 2.75) is 39.0 Å². The summed E-state index contributed by atoms with van der Waals surface area (Å²) < 4.78 is 42.4. The maximum Gasteiger partial charge on any atom is 0.449 e. The van der Waals surface area contributed by atoms with Crippen LogP contribution in [0.2, 0.25) is 0 Å². The van der Waals surface area contributed by atoms with E-state index in [9.17, 15) is 22.8 Å². The molecule has 0 saturated carbocycles. The molecule has 0 aliphatic rings. The van der Waals surface area contributed by atoms with Crippen molar-refractivity contribution in [3.05, 3.63) is 95.3 Å². The Kier molecular flexibility index (Phi) is 7.33. The van der Waals surface area contributed by atoms with E-state index >= 15 is 0 Å². The van der Waals surface area contributed by atoms with Crippen molar-refractivity contribution >= 4 is 28.5 Å². The molecule has 4 aromatic rings. The summed E-state index contributed by atoms with van der Waals surface area (Å²) in [6.45, 7) is 2.94. The second kappa shape index (κ2) is 10.5. The lowest BCUT2D eigenvalue weighted by Gasteiger charge is -2.25. The van der Waals surface area contributed by atoms with E-state index in [2.05, 4.69) is 10.3 Å². The molecule has 9 heteroatoms. The molecule has 0 radical (unpaired) electrons. The van der Waals surface area contributed by atoms with Crippen molar-refractivity contribution in [2.75, 3.05) is 11.9 Å². The molecule has 37 heavy (non-hydrogen) atoms. The van der Waals surface area contributed by atoms with E-state index in [0.717, 1.165) is 21.3 Å². The number of halogens is 3. The number of aromatic nitrogens is 2. The zero-order valence-corrected chi connectivity index (χ0v) is 20.7. The molecule has 0 aliphatic heterocycles. The number of carbonyl (C=O) groups is 2. The number of benzene rings is 3. The number of nitrogens with one attached hydrogen (secondary N) is 1. The third-order valence-electron chi connectivity index (χ3n) is 6.31. The van der Waals surface area contributed by atoms with E-state index in [1.165, 1.54) is 4.90 Å². The number of hydrogen-bond donors (Lipinski definition) is 1. The summed E-state index contributed by atoms with van der Waals surface area (Å²) in [5.41, 5.74) is 3.38. The first-order chi connectivity index (χ1) is 17.5. The van der Waals surface area contributed by atoms with Crippen molar-refractivity contribution in [2.24, 2.45) is 0 Å². The van der Waals surface area contributed by atoms with Gasteiger partial charge in [0.1, 0.15) is 12.6 Å². The van der Waals surface area contributed by atoms with Gasteiger partial charge < -0.3 is 14.8 Å². The number of likely N-dealkylation sites (N-methyl/N-ethyl adjacent to an activating group) is 1. The lowest BCUT2D eigenvalue weighted by molar-refractivity contribution is -0.147. The molecule has 0 bridgehead atoms. The van der Waals surface area contributed by atoms with E-state index < -0.39 is 30.5 Å². The number of hydrogen-bond acceptors (Lipinski definition) is 3. The Bertz CT molecular complexity index is 1420. The van der Waals surface area contributed by atoms with Crippen LogP contribution in [0.5, 0.6) is 0 Å². The zero-order chi connectivity index (χ0) is 26.7. The highest BCUT2D eigenvalue weighted by atomic mass is 19.4. The van der Waals surface area contributed by atoms with Crippen LogP contribution < -0.4 is 10.2 Å². The summed E-state index contributed by atoms with van der Waals surface area (Å²) in [7, 11) is 1.60. The number of rotatable bonds is 7. The van der Waals surface area contributed by atoms with Crippen LogP contribution in [-0.2, 0) is 28.7 Å². The predicted molar refractivity (Wildman–Crippen MR) is 136 cm³/mol. The summed E-state index contributed by atoms with van der Waals surface area (Å²) in [5.74, 6) is -2.27. The quantitative estimate of drug-likeness (QED) is 0.379. The smallest absolute Gasteiger partial charge is 0.342 e. The average Bonchev–Trinajstić information content (AvgIpc) is 3.21. The van der Waals surface area contributed by atoms with Crippen molar-refractivity contribution in [3.63, 3.8) is 0 Å². The normalized spacial score (nSPS) is 12.4. The molecule has 0 spiro atoms. The lowest BCUT2D eigenvalue weighted by atomic mass is 10.0. The van der Waals surface area contributed by atoms with Crippen LogP contribution in [-0.4, -0.2) is 34.5 Å². The van der Waals surface area contributed by atoms with E-state index in [1.807, 2.05) is 36.4 Å². The number of para-hydroxylation sites is 1. The van der Waals surface area contributed by atoms with Crippen molar-refractivity contribution < 1.29 is 22.8 Å². The van der Waals surface area contributed by atoms with Crippen LogP contribution in [0.1, 0.15) is 22.5 Å². The minimum Gasteiger partial charge on any atom is -0.342 e. The Morgan fingerprint density at radius 2 is 1.57 bits per heavy atom. The Labute approximate surface area is 212 Å². The van der Waals surface area contributed by atoms with Gasteiger partial charge in [0.2, 0.25) is 17.6 Å². The number of alkyl halides is 3. The molecule has 1 N–H and O–H groups in total. The molecule has 0 saturated heterocycles. The number of nitrogens with zero attached hydrogens (tertiary/aromatic N) is 3.